The first-order valence-electron chi connectivity index (χ1n) is 7.22. The molecule has 3 rings (SSSR count). The molecule has 106 valence electrons. The highest BCUT2D eigenvalue weighted by atomic mass is 16.1. The lowest BCUT2D eigenvalue weighted by Gasteiger charge is -2.30. The monoisotopic (exact) mass is 278 g/mol. The lowest BCUT2D eigenvalue weighted by atomic mass is 9.87. The highest BCUT2D eigenvalue weighted by Crippen LogP contribution is 2.31. The van der Waals surface area contributed by atoms with Crippen LogP contribution in [0.5, 0.6) is 0 Å². The Labute approximate surface area is 125 Å². The van der Waals surface area contributed by atoms with Crippen LogP contribution in [0.25, 0.3) is 16.8 Å². The number of nitrogens with zero attached hydrogens (tertiary/aromatic N) is 1. The highest BCUT2D eigenvalue weighted by Gasteiger charge is 2.26. The van der Waals surface area contributed by atoms with E-state index in [4.69, 9.17) is 0 Å². The predicted octanol–water partition coefficient (Wildman–Crippen LogP) is 3.68. The fourth-order valence-electron chi connectivity index (χ4n) is 3.10. The second-order valence-corrected chi connectivity index (χ2v) is 6.31. The zero-order valence-corrected chi connectivity index (χ0v) is 12.6. The van der Waals surface area contributed by atoms with Crippen LogP contribution in [0.15, 0.2) is 54.6 Å². The largest absolute Gasteiger partial charge is 0.321 e. The van der Waals surface area contributed by atoms with Crippen LogP contribution in [-0.4, -0.2) is 37.5 Å². The summed E-state index contributed by atoms with van der Waals surface area (Å²) < 4.78 is 0.735. The van der Waals surface area contributed by atoms with E-state index in [1.807, 2.05) is 18.2 Å². The molecule has 2 heteroatoms. The topological polar surface area (TPSA) is 17.1 Å². The van der Waals surface area contributed by atoms with Crippen LogP contribution in [0, 0.1) is 0 Å². The predicted molar refractivity (Wildman–Crippen MR) is 88.3 cm³/mol. The summed E-state index contributed by atoms with van der Waals surface area (Å²) in [5.41, 5.74) is 2.86. The molecule has 21 heavy (non-hydrogen) atoms. The van der Waals surface area contributed by atoms with Gasteiger partial charge < -0.3 is 4.48 Å². The Bertz CT molecular complexity index is 763. The molecule has 0 saturated carbocycles. The summed E-state index contributed by atoms with van der Waals surface area (Å²) in [4.78, 5) is 12.8. The fourth-order valence-corrected chi connectivity index (χ4v) is 3.10. The summed E-state index contributed by atoms with van der Waals surface area (Å²) in [6, 6.07) is 12.2. The molecule has 0 saturated heterocycles. The van der Waals surface area contributed by atoms with E-state index in [9.17, 15) is 4.79 Å². The van der Waals surface area contributed by atoms with Crippen molar-refractivity contribution >= 4 is 22.6 Å². The van der Waals surface area contributed by atoms with E-state index in [0.29, 0.717) is 0 Å². The highest BCUT2D eigenvalue weighted by molar-refractivity contribution is 6.22. The molecule has 2 aromatic rings. The number of rotatable bonds is 4. The number of benzene rings is 2. The van der Waals surface area contributed by atoms with Gasteiger partial charge in [-0.3, -0.25) is 4.79 Å². The summed E-state index contributed by atoms with van der Waals surface area (Å²) >= 11 is 0. The van der Waals surface area contributed by atoms with Crippen molar-refractivity contribution in [3.8, 4) is 0 Å². The molecular weight excluding hydrogens is 258 g/mol. The van der Waals surface area contributed by atoms with Gasteiger partial charge in [0, 0.05) is 10.9 Å². The molecule has 0 heterocycles. The van der Waals surface area contributed by atoms with E-state index in [1.165, 1.54) is 0 Å². The molecule has 0 bridgehead atoms. The summed E-state index contributed by atoms with van der Waals surface area (Å²) in [6.07, 6.45) is 3.96. The van der Waals surface area contributed by atoms with Crippen LogP contribution >= 0.6 is 0 Å². The van der Waals surface area contributed by atoms with Crippen molar-refractivity contribution < 1.29 is 9.28 Å². The molecule has 0 amide bonds. The number of hydrogen-bond donors (Lipinski definition) is 0. The summed E-state index contributed by atoms with van der Waals surface area (Å²) in [5.74, 6) is 0.162. The Morgan fingerprint density at radius 1 is 1.14 bits per heavy atom. The average molecular weight is 278 g/mol. The van der Waals surface area contributed by atoms with E-state index in [2.05, 4.69) is 51.0 Å². The minimum atomic E-state index is 0.162. The van der Waals surface area contributed by atoms with Crippen molar-refractivity contribution in [2.24, 2.45) is 0 Å². The maximum Gasteiger partial charge on any atom is 0.195 e. The first-order valence-corrected chi connectivity index (χ1v) is 7.22. The lowest BCUT2D eigenvalue weighted by Crippen LogP contribution is -2.42. The third-order valence-electron chi connectivity index (χ3n) is 4.02. The van der Waals surface area contributed by atoms with Crippen molar-refractivity contribution in [1.82, 2.24) is 0 Å². The third-order valence-corrected chi connectivity index (χ3v) is 4.02. The molecule has 2 nitrogen and oxygen atoms in total. The molecule has 0 N–H and O–H groups in total. The molecule has 0 spiro atoms. The maximum absolute atomic E-state index is 12.8. The normalized spacial score (nSPS) is 14.2. The van der Waals surface area contributed by atoms with E-state index in [0.717, 1.165) is 45.0 Å². The summed E-state index contributed by atoms with van der Waals surface area (Å²) in [5, 5.41) is 2.22. The van der Waals surface area contributed by atoms with Crippen molar-refractivity contribution in [3.05, 3.63) is 65.8 Å². The molecule has 2 aromatic carbocycles. The van der Waals surface area contributed by atoms with Gasteiger partial charge in [-0.05, 0) is 23.1 Å². The molecule has 1 aliphatic rings. The number of quaternary nitrogens is 1. The number of carbonyl (C=O) groups is 1. The molecule has 0 aliphatic heterocycles. The van der Waals surface area contributed by atoms with Gasteiger partial charge in [0.1, 0.15) is 6.54 Å². The van der Waals surface area contributed by atoms with Crippen LogP contribution in [-0.2, 0) is 0 Å². The first kappa shape index (κ1) is 13.8. The van der Waals surface area contributed by atoms with Gasteiger partial charge in [0.2, 0.25) is 0 Å². The third kappa shape index (κ3) is 2.43. The zero-order valence-electron chi connectivity index (χ0n) is 12.6. The van der Waals surface area contributed by atoms with Crippen molar-refractivity contribution in [2.45, 2.75) is 0 Å². The summed E-state index contributed by atoms with van der Waals surface area (Å²) in [6.45, 7) is 5.37. The molecule has 0 fully saturated rings. The Morgan fingerprint density at radius 2 is 1.86 bits per heavy atom. The summed E-state index contributed by atoms with van der Waals surface area (Å²) in [7, 11) is 4.24. The van der Waals surface area contributed by atoms with Crippen LogP contribution < -0.4 is 0 Å². The van der Waals surface area contributed by atoms with Crippen molar-refractivity contribution in [1.29, 1.82) is 0 Å². The molecule has 0 unspecified atom stereocenters. The van der Waals surface area contributed by atoms with Gasteiger partial charge in [-0.1, -0.05) is 43.0 Å². The standard InChI is InChI=1S/C19H20NO/c1-4-11-20(2,3)13-16-12-15-9-5-7-14-8-6-10-17(18(14)15)19(16)21/h4-10,12H,1,11,13H2,2-3H3/q+1. The maximum atomic E-state index is 12.8. The van der Waals surface area contributed by atoms with E-state index in [1.54, 1.807) is 0 Å². The molecule has 1 aliphatic carbocycles. The van der Waals surface area contributed by atoms with Crippen LogP contribution in [0.4, 0.5) is 0 Å². The van der Waals surface area contributed by atoms with Gasteiger partial charge >= 0.3 is 0 Å². The SMILES string of the molecule is C=CC[N+](C)(C)CC1=Cc2cccc3cccc(c23)C1=O. The lowest BCUT2D eigenvalue weighted by molar-refractivity contribution is -0.879. The fraction of sp³-hybridized carbons (Fsp3) is 0.211. The van der Waals surface area contributed by atoms with E-state index >= 15 is 0 Å². The van der Waals surface area contributed by atoms with Crippen LogP contribution in [0.2, 0.25) is 0 Å². The van der Waals surface area contributed by atoms with Crippen LogP contribution in [0.1, 0.15) is 15.9 Å². The number of ketones is 1. The minimum Gasteiger partial charge on any atom is -0.321 e. The molecule has 0 radical (unpaired) electrons. The molecular formula is C19H20NO+. The van der Waals surface area contributed by atoms with Crippen LogP contribution in [0.3, 0.4) is 0 Å². The van der Waals surface area contributed by atoms with Gasteiger partial charge in [0.15, 0.2) is 5.78 Å². The van der Waals surface area contributed by atoms with E-state index < -0.39 is 0 Å². The number of Topliss-reactive ketones (excluding diaryl/α,β-unsaturated/α-hetero) is 1. The minimum absolute atomic E-state index is 0.162. The van der Waals surface area contributed by atoms with Gasteiger partial charge in [-0.2, -0.15) is 0 Å². The smallest absolute Gasteiger partial charge is 0.195 e. The Kier molecular flexibility index (Phi) is 3.26. The average Bonchev–Trinajstić information content (AvgIpc) is 2.44. The number of likely N-dealkylation sites (N-methyl/N-ethyl adjacent to an activating group) is 1. The number of hydrogen-bond acceptors (Lipinski definition) is 1. The number of carbonyl (C=O) groups excluding carboxylic acids is 1. The second kappa shape index (κ2) is 4.97. The zero-order chi connectivity index (χ0) is 15.0. The molecule has 0 aromatic heterocycles. The van der Waals surface area contributed by atoms with Gasteiger partial charge in [0.25, 0.3) is 0 Å². The first-order chi connectivity index (χ1) is 10.0. The van der Waals surface area contributed by atoms with Gasteiger partial charge in [-0.25, -0.2) is 0 Å². The van der Waals surface area contributed by atoms with Gasteiger partial charge in [-0.15, -0.1) is 0 Å². The quantitative estimate of drug-likeness (QED) is 0.616. The Morgan fingerprint density at radius 3 is 2.57 bits per heavy atom. The Balaban J connectivity index is 2.10. The molecule has 0 atom stereocenters. The van der Waals surface area contributed by atoms with Crippen molar-refractivity contribution in [3.63, 3.8) is 0 Å². The van der Waals surface area contributed by atoms with E-state index in [-0.39, 0.29) is 5.78 Å². The Hall–Kier alpha value is -2.19. The van der Waals surface area contributed by atoms with Crippen molar-refractivity contribution in [2.75, 3.05) is 27.2 Å². The van der Waals surface area contributed by atoms with Gasteiger partial charge in [0.05, 0.1) is 26.2 Å². The second-order valence-electron chi connectivity index (χ2n) is 6.31.